The normalized spacial score (nSPS) is 32.0. The molecule has 1 saturated carbocycles. The van der Waals surface area contributed by atoms with Gasteiger partial charge in [-0.15, -0.1) is 0 Å². The van der Waals surface area contributed by atoms with Crippen LogP contribution in [0.1, 0.15) is 25.7 Å². The van der Waals surface area contributed by atoms with E-state index in [2.05, 4.69) is 5.48 Å². The Balaban J connectivity index is 2.08. The van der Waals surface area contributed by atoms with Crippen molar-refractivity contribution in [3.05, 3.63) is 11.8 Å². The molecule has 1 atom stereocenters. The molecule has 0 aromatic rings. The van der Waals surface area contributed by atoms with E-state index < -0.39 is 0 Å². The summed E-state index contributed by atoms with van der Waals surface area (Å²) in [6.07, 6.45) is 7.39. The largest absolute Gasteiger partial charge is 0.276 e. The minimum atomic E-state index is 0.731. The van der Waals surface area contributed by atoms with Gasteiger partial charge in [0.25, 0.3) is 0 Å². The Morgan fingerprint density at radius 1 is 1.50 bits per heavy atom. The lowest BCUT2D eigenvalue weighted by Gasteiger charge is -2.28. The second-order valence-electron chi connectivity index (χ2n) is 3.09. The van der Waals surface area contributed by atoms with E-state index in [0.29, 0.717) is 0 Å². The molecule has 2 nitrogen and oxygen atoms in total. The molecule has 1 aliphatic carbocycles. The minimum absolute atomic E-state index is 0.731. The highest BCUT2D eigenvalue weighted by Gasteiger charge is 2.21. The topological polar surface area (TPSA) is 21.3 Å². The van der Waals surface area contributed by atoms with Crippen LogP contribution in [0.3, 0.4) is 0 Å². The highest BCUT2D eigenvalue weighted by atomic mass is 16.6. The number of hydrogen-bond donors (Lipinski definition) is 1. The van der Waals surface area contributed by atoms with Crippen LogP contribution in [0.25, 0.3) is 0 Å². The predicted octanol–water partition coefficient (Wildman–Crippen LogP) is 1.60. The van der Waals surface area contributed by atoms with Crippen molar-refractivity contribution in [1.29, 1.82) is 0 Å². The molecule has 0 saturated heterocycles. The van der Waals surface area contributed by atoms with Crippen molar-refractivity contribution in [3.8, 4) is 0 Å². The maximum absolute atomic E-state index is 5.11. The van der Waals surface area contributed by atoms with Gasteiger partial charge in [-0.25, -0.2) is 0 Å². The molecular formula is C8H13NO. The first-order valence-corrected chi connectivity index (χ1v) is 4.03. The molecule has 0 bridgehead atoms. The Morgan fingerprint density at radius 2 is 2.50 bits per heavy atom. The van der Waals surface area contributed by atoms with Gasteiger partial charge in [0, 0.05) is 12.1 Å². The SMILES string of the molecule is C1=C2CCCCC2CON1. The number of nitrogens with one attached hydrogen (secondary N) is 1. The van der Waals surface area contributed by atoms with E-state index in [-0.39, 0.29) is 0 Å². The van der Waals surface area contributed by atoms with Gasteiger partial charge >= 0.3 is 0 Å². The zero-order valence-electron chi connectivity index (χ0n) is 6.10. The van der Waals surface area contributed by atoms with Gasteiger partial charge in [-0.2, -0.15) is 0 Å². The minimum Gasteiger partial charge on any atom is -0.276 e. The highest BCUT2D eigenvalue weighted by Crippen LogP contribution is 2.30. The third-order valence-corrected chi connectivity index (χ3v) is 2.40. The Morgan fingerprint density at radius 3 is 3.40 bits per heavy atom. The molecule has 1 fully saturated rings. The molecule has 10 heavy (non-hydrogen) atoms. The fraction of sp³-hybridized carbons (Fsp3) is 0.750. The van der Waals surface area contributed by atoms with Crippen molar-refractivity contribution >= 4 is 0 Å². The molecule has 2 heteroatoms. The summed E-state index contributed by atoms with van der Waals surface area (Å²) in [7, 11) is 0. The summed E-state index contributed by atoms with van der Waals surface area (Å²) in [6.45, 7) is 0.881. The number of hydrogen-bond acceptors (Lipinski definition) is 2. The van der Waals surface area contributed by atoms with Crippen molar-refractivity contribution in [2.45, 2.75) is 25.7 Å². The summed E-state index contributed by atoms with van der Waals surface area (Å²) in [6, 6.07) is 0. The van der Waals surface area contributed by atoms with E-state index in [4.69, 9.17) is 4.84 Å². The molecule has 0 amide bonds. The third-order valence-electron chi connectivity index (χ3n) is 2.40. The molecule has 56 valence electrons. The van der Waals surface area contributed by atoms with Gasteiger partial charge in [0.2, 0.25) is 0 Å². The van der Waals surface area contributed by atoms with Crippen LogP contribution in [0.15, 0.2) is 11.8 Å². The van der Waals surface area contributed by atoms with Crippen LogP contribution < -0.4 is 5.48 Å². The maximum atomic E-state index is 5.11. The zero-order chi connectivity index (χ0) is 6.81. The summed E-state index contributed by atoms with van der Waals surface area (Å²) >= 11 is 0. The molecule has 1 aliphatic heterocycles. The molecule has 1 N–H and O–H groups in total. The van der Waals surface area contributed by atoms with Crippen molar-refractivity contribution < 1.29 is 4.84 Å². The quantitative estimate of drug-likeness (QED) is 0.550. The van der Waals surface area contributed by atoms with Crippen LogP contribution in [0.4, 0.5) is 0 Å². The predicted molar refractivity (Wildman–Crippen MR) is 39.1 cm³/mol. The molecule has 1 unspecified atom stereocenters. The number of fused-ring (bicyclic) bond motifs is 1. The van der Waals surface area contributed by atoms with Crippen LogP contribution in [0, 0.1) is 5.92 Å². The lowest BCUT2D eigenvalue weighted by Crippen LogP contribution is -2.26. The first kappa shape index (κ1) is 6.23. The molecule has 0 radical (unpaired) electrons. The van der Waals surface area contributed by atoms with Gasteiger partial charge in [0.15, 0.2) is 0 Å². The van der Waals surface area contributed by atoms with Gasteiger partial charge in [-0.1, -0.05) is 6.42 Å². The average molecular weight is 139 g/mol. The van der Waals surface area contributed by atoms with Crippen LogP contribution in [0.2, 0.25) is 0 Å². The summed E-state index contributed by atoms with van der Waals surface area (Å²) in [4.78, 5) is 5.11. The van der Waals surface area contributed by atoms with Gasteiger partial charge in [-0.05, 0) is 24.8 Å². The summed E-state index contributed by atoms with van der Waals surface area (Å²) in [5, 5.41) is 0. The number of rotatable bonds is 0. The van der Waals surface area contributed by atoms with E-state index in [9.17, 15) is 0 Å². The van der Waals surface area contributed by atoms with Crippen molar-refractivity contribution in [2.24, 2.45) is 5.92 Å². The van der Waals surface area contributed by atoms with Gasteiger partial charge in [-0.3, -0.25) is 10.3 Å². The van der Waals surface area contributed by atoms with E-state index in [0.717, 1.165) is 12.5 Å². The van der Waals surface area contributed by atoms with Crippen molar-refractivity contribution in [2.75, 3.05) is 6.61 Å². The first-order chi connectivity index (χ1) is 4.97. The van der Waals surface area contributed by atoms with E-state index in [1.807, 2.05) is 6.20 Å². The molecule has 2 rings (SSSR count). The summed E-state index contributed by atoms with van der Waals surface area (Å²) < 4.78 is 0. The molecule has 0 spiro atoms. The average Bonchev–Trinajstić information content (AvgIpc) is 2.05. The van der Waals surface area contributed by atoms with E-state index >= 15 is 0 Å². The van der Waals surface area contributed by atoms with Crippen LogP contribution in [-0.2, 0) is 4.84 Å². The molecule has 2 aliphatic rings. The van der Waals surface area contributed by atoms with Crippen LogP contribution in [0.5, 0.6) is 0 Å². The van der Waals surface area contributed by atoms with Crippen molar-refractivity contribution in [3.63, 3.8) is 0 Å². The van der Waals surface area contributed by atoms with Crippen LogP contribution >= 0.6 is 0 Å². The molecule has 0 aromatic heterocycles. The Kier molecular flexibility index (Phi) is 1.63. The smallest absolute Gasteiger partial charge is 0.0811 e. The fourth-order valence-corrected chi connectivity index (χ4v) is 1.76. The fourth-order valence-electron chi connectivity index (χ4n) is 1.76. The maximum Gasteiger partial charge on any atom is 0.0811 e. The van der Waals surface area contributed by atoms with Gasteiger partial charge < -0.3 is 0 Å². The molecule has 1 heterocycles. The first-order valence-electron chi connectivity index (χ1n) is 4.03. The zero-order valence-corrected chi connectivity index (χ0v) is 6.10. The lowest BCUT2D eigenvalue weighted by molar-refractivity contribution is 0.0297. The van der Waals surface area contributed by atoms with Gasteiger partial charge in [0.1, 0.15) is 0 Å². The molecule has 0 aromatic carbocycles. The standard InChI is InChI=1S/C8H13NO/c1-2-4-8-6-10-9-5-7(8)3-1/h5,8-9H,1-4,6H2. The summed E-state index contributed by atoms with van der Waals surface area (Å²) in [5.41, 5.74) is 4.39. The Labute approximate surface area is 61.2 Å². The van der Waals surface area contributed by atoms with E-state index in [1.165, 1.54) is 25.7 Å². The Hall–Kier alpha value is -0.500. The Bertz CT molecular complexity index is 153. The third kappa shape index (κ3) is 1.03. The van der Waals surface area contributed by atoms with Crippen LogP contribution in [-0.4, -0.2) is 6.61 Å². The van der Waals surface area contributed by atoms with E-state index in [1.54, 1.807) is 5.57 Å². The molecular weight excluding hydrogens is 126 g/mol. The van der Waals surface area contributed by atoms with Gasteiger partial charge in [0.05, 0.1) is 6.61 Å². The second kappa shape index (κ2) is 2.62. The summed E-state index contributed by atoms with van der Waals surface area (Å²) in [5.74, 6) is 0.731. The lowest BCUT2D eigenvalue weighted by atomic mass is 9.85. The second-order valence-corrected chi connectivity index (χ2v) is 3.09. The highest BCUT2D eigenvalue weighted by molar-refractivity contribution is 5.09. The van der Waals surface area contributed by atoms with Crippen molar-refractivity contribution in [1.82, 2.24) is 5.48 Å². The number of hydroxylamine groups is 1. The monoisotopic (exact) mass is 139 g/mol.